The summed E-state index contributed by atoms with van der Waals surface area (Å²) in [6.07, 6.45) is 5.52. The van der Waals surface area contributed by atoms with Crippen molar-refractivity contribution in [3.8, 4) is 11.5 Å². The molecule has 1 heterocycles. The molecule has 0 radical (unpaired) electrons. The lowest BCUT2D eigenvalue weighted by Gasteiger charge is -2.10. The van der Waals surface area contributed by atoms with Crippen molar-refractivity contribution in [2.45, 2.75) is 65.5 Å². The van der Waals surface area contributed by atoms with Crippen molar-refractivity contribution in [2.24, 2.45) is 0 Å². The number of nitrogens with zero attached hydrogens (tertiary/aromatic N) is 2. The second-order valence-corrected chi connectivity index (χ2v) is 10.4. The number of ether oxygens (including phenoxy) is 2. The Morgan fingerprint density at radius 2 is 1.13 bits per heavy atom. The number of hydrogen-bond donors (Lipinski definition) is 1. The van der Waals surface area contributed by atoms with Gasteiger partial charge in [-0.05, 0) is 86.1 Å². The van der Waals surface area contributed by atoms with Crippen LogP contribution in [0.2, 0.25) is 10.0 Å². The third-order valence-corrected chi connectivity index (χ3v) is 7.21. The molecule has 8 heteroatoms. The van der Waals surface area contributed by atoms with Gasteiger partial charge in [0, 0.05) is 13.1 Å². The predicted molar refractivity (Wildman–Crippen MR) is 167 cm³/mol. The average molecular weight is 635 g/mol. The van der Waals surface area contributed by atoms with Crippen LogP contribution in [0.5, 0.6) is 11.5 Å². The van der Waals surface area contributed by atoms with E-state index in [1.807, 2.05) is 36.4 Å². The fourth-order valence-corrected chi connectivity index (χ4v) is 5.03. The van der Waals surface area contributed by atoms with E-state index in [0.29, 0.717) is 28.9 Å². The fraction of sp³-hybridized carbons (Fsp3) is 0.387. The molecule has 0 saturated heterocycles. The summed E-state index contributed by atoms with van der Waals surface area (Å²) in [5.41, 5.74) is 5.13. The van der Waals surface area contributed by atoms with Gasteiger partial charge in [0.25, 0.3) is 0 Å². The summed E-state index contributed by atoms with van der Waals surface area (Å²) < 4.78 is 15.8. The van der Waals surface area contributed by atoms with Gasteiger partial charge in [0.2, 0.25) is 5.62 Å². The minimum atomic E-state index is 0. The molecule has 0 unspecified atom stereocenters. The third-order valence-electron chi connectivity index (χ3n) is 6.58. The number of imidazole rings is 1. The van der Waals surface area contributed by atoms with Gasteiger partial charge < -0.3 is 18.6 Å². The predicted octanol–water partition coefficient (Wildman–Crippen LogP) is 8.65. The summed E-state index contributed by atoms with van der Waals surface area (Å²) in [5.74, 6) is 1.50. The number of nitrogens with one attached hydrogen (secondary N) is 1. The van der Waals surface area contributed by atoms with Crippen molar-refractivity contribution in [1.82, 2.24) is 9.13 Å². The van der Waals surface area contributed by atoms with E-state index in [1.54, 1.807) is 0 Å². The lowest BCUT2D eigenvalue weighted by atomic mass is 10.1. The van der Waals surface area contributed by atoms with Gasteiger partial charge in [-0.15, -0.1) is 17.0 Å². The largest absolute Gasteiger partial charge is 0.492 e. The number of rotatable bonds is 14. The van der Waals surface area contributed by atoms with Crippen LogP contribution in [0, 0.1) is 5.41 Å². The Kier molecular flexibility index (Phi) is 12.3. The minimum absolute atomic E-state index is 0. The van der Waals surface area contributed by atoms with E-state index in [1.165, 1.54) is 11.1 Å². The maximum absolute atomic E-state index is 8.97. The van der Waals surface area contributed by atoms with Gasteiger partial charge in [-0.1, -0.05) is 61.3 Å². The van der Waals surface area contributed by atoms with Crippen LogP contribution in [0.25, 0.3) is 11.0 Å². The molecular weight excluding hydrogens is 597 g/mol. The summed E-state index contributed by atoms with van der Waals surface area (Å²) in [4.78, 5) is 0. The van der Waals surface area contributed by atoms with E-state index >= 15 is 0 Å². The van der Waals surface area contributed by atoms with Gasteiger partial charge in [-0.3, -0.25) is 5.41 Å². The van der Waals surface area contributed by atoms with E-state index in [9.17, 15) is 0 Å². The van der Waals surface area contributed by atoms with Crippen molar-refractivity contribution in [3.63, 3.8) is 0 Å². The van der Waals surface area contributed by atoms with Crippen molar-refractivity contribution in [3.05, 3.63) is 87.5 Å². The van der Waals surface area contributed by atoms with Crippen molar-refractivity contribution in [2.75, 3.05) is 13.2 Å². The molecular formula is C31H38BrCl2N3O2. The maximum Gasteiger partial charge on any atom is 0.202 e. The molecule has 0 aliphatic heterocycles. The standard InChI is InChI=1S/C31H37Cl2N3O2.BrH/c1-3-19-37-29-21-23(13-15-25(29)32)9-7-17-35-27-11-5-6-12-28(27)36(31(35)34)18-8-10-24-14-16-26(33)30(22-24)38-20-4-2;/h5-6,11-16,21-22,34H,3-4,7-10,17-20H2,1-2H3;1H. The van der Waals surface area contributed by atoms with Crippen LogP contribution in [-0.4, -0.2) is 22.3 Å². The van der Waals surface area contributed by atoms with Crippen LogP contribution in [0.15, 0.2) is 60.7 Å². The molecule has 0 saturated carbocycles. The van der Waals surface area contributed by atoms with Crippen molar-refractivity contribution >= 4 is 51.2 Å². The molecule has 39 heavy (non-hydrogen) atoms. The van der Waals surface area contributed by atoms with E-state index in [4.69, 9.17) is 38.1 Å². The molecule has 4 rings (SSSR count). The second-order valence-electron chi connectivity index (χ2n) is 9.55. The Labute approximate surface area is 251 Å². The highest BCUT2D eigenvalue weighted by atomic mass is 79.9. The first-order chi connectivity index (χ1) is 18.5. The van der Waals surface area contributed by atoms with E-state index < -0.39 is 0 Å². The highest BCUT2D eigenvalue weighted by Gasteiger charge is 2.11. The number of halogens is 3. The molecule has 0 amide bonds. The molecule has 1 N–H and O–H groups in total. The molecule has 3 aromatic carbocycles. The van der Waals surface area contributed by atoms with Crippen LogP contribution in [-0.2, 0) is 25.9 Å². The third kappa shape index (κ3) is 8.06. The molecule has 0 bridgehead atoms. The smallest absolute Gasteiger partial charge is 0.202 e. The molecule has 1 aromatic heterocycles. The molecule has 0 atom stereocenters. The monoisotopic (exact) mass is 633 g/mol. The molecule has 210 valence electrons. The van der Waals surface area contributed by atoms with Crippen LogP contribution in [0.3, 0.4) is 0 Å². The lowest BCUT2D eigenvalue weighted by Crippen LogP contribution is -2.25. The normalized spacial score (nSPS) is 11.0. The summed E-state index contributed by atoms with van der Waals surface area (Å²) in [5, 5.41) is 10.3. The Morgan fingerprint density at radius 1 is 0.692 bits per heavy atom. The summed E-state index contributed by atoms with van der Waals surface area (Å²) >= 11 is 12.6. The Morgan fingerprint density at radius 3 is 1.54 bits per heavy atom. The average Bonchev–Trinajstić information content (AvgIpc) is 3.19. The minimum Gasteiger partial charge on any atom is -0.492 e. The number of aromatic nitrogens is 2. The number of aryl methyl sites for hydroxylation is 4. The number of hydrogen-bond acceptors (Lipinski definition) is 3. The quantitative estimate of drug-likeness (QED) is 0.151. The first-order valence-corrected chi connectivity index (χ1v) is 14.3. The zero-order valence-electron chi connectivity index (χ0n) is 22.7. The maximum atomic E-state index is 8.97. The zero-order chi connectivity index (χ0) is 26.9. The van der Waals surface area contributed by atoms with Gasteiger partial charge in [0.1, 0.15) is 11.5 Å². The first kappa shape index (κ1) is 31.1. The summed E-state index contributed by atoms with van der Waals surface area (Å²) in [6, 6.07) is 20.4. The number of para-hydroxylation sites is 2. The Hall–Kier alpha value is -2.41. The second kappa shape index (κ2) is 15.4. The van der Waals surface area contributed by atoms with E-state index in [2.05, 4.69) is 47.2 Å². The van der Waals surface area contributed by atoms with Gasteiger partial charge in [-0.2, -0.15) is 0 Å². The van der Waals surface area contributed by atoms with Gasteiger partial charge in [-0.25, -0.2) is 0 Å². The van der Waals surface area contributed by atoms with E-state index in [0.717, 1.165) is 74.1 Å². The molecule has 0 aliphatic carbocycles. The summed E-state index contributed by atoms with van der Waals surface area (Å²) in [6.45, 7) is 7.03. The highest BCUT2D eigenvalue weighted by Crippen LogP contribution is 2.27. The van der Waals surface area contributed by atoms with Crippen LogP contribution in [0.1, 0.15) is 50.7 Å². The van der Waals surface area contributed by atoms with Crippen molar-refractivity contribution < 1.29 is 9.47 Å². The first-order valence-electron chi connectivity index (χ1n) is 13.6. The van der Waals surface area contributed by atoms with Crippen LogP contribution in [0.4, 0.5) is 0 Å². The van der Waals surface area contributed by atoms with Crippen LogP contribution >= 0.6 is 40.2 Å². The Bertz CT molecular complexity index is 1310. The van der Waals surface area contributed by atoms with Gasteiger partial charge in [0.15, 0.2) is 0 Å². The van der Waals surface area contributed by atoms with Crippen LogP contribution < -0.4 is 15.1 Å². The topological polar surface area (TPSA) is 52.2 Å². The molecule has 5 nitrogen and oxygen atoms in total. The van der Waals surface area contributed by atoms with E-state index in [-0.39, 0.29) is 17.0 Å². The lowest BCUT2D eigenvalue weighted by molar-refractivity contribution is 0.317. The SMILES string of the molecule is Br.CCCOc1cc(CCCn2c(=N)n(CCCc3ccc(Cl)c(OCCC)c3)c3ccccc32)ccc1Cl. The summed E-state index contributed by atoms with van der Waals surface area (Å²) in [7, 11) is 0. The van der Waals surface area contributed by atoms with Gasteiger partial charge >= 0.3 is 0 Å². The molecule has 0 aliphatic rings. The molecule has 4 aromatic rings. The fourth-order valence-electron chi connectivity index (χ4n) is 4.68. The van der Waals surface area contributed by atoms with Crippen molar-refractivity contribution in [1.29, 1.82) is 5.41 Å². The number of benzene rings is 3. The molecule has 0 fully saturated rings. The van der Waals surface area contributed by atoms with Gasteiger partial charge in [0.05, 0.1) is 34.3 Å². The Balaban J connectivity index is 0.00000420. The highest BCUT2D eigenvalue weighted by molar-refractivity contribution is 8.93. The zero-order valence-corrected chi connectivity index (χ0v) is 25.9. The number of fused-ring (bicyclic) bond motifs is 1. The molecule has 0 spiro atoms.